The molecule has 0 aliphatic rings. The second kappa shape index (κ2) is 5.02. The number of benzene rings is 1. The highest BCUT2D eigenvalue weighted by Gasteiger charge is 2.17. The maximum Gasteiger partial charge on any atom is 0.273 e. The van der Waals surface area contributed by atoms with Crippen molar-refractivity contribution < 1.29 is 10.0 Å². The number of hydrogen-bond donors (Lipinski definition) is 2. The lowest BCUT2D eigenvalue weighted by atomic mass is 10.1. The Morgan fingerprint density at radius 3 is 2.73 bits per heavy atom. The Hall–Kier alpha value is -1.23. The van der Waals surface area contributed by atoms with Gasteiger partial charge in [-0.25, -0.2) is 0 Å². The maximum atomic E-state index is 10.7. The number of phenols is 1. The van der Waals surface area contributed by atoms with Crippen LogP contribution in [-0.2, 0) is 6.42 Å². The molecular weight excluding hydrogens is 214 g/mol. The van der Waals surface area contributed by atoms with Crippen LogP contribution in [-0.4, -0.2) is 10.0 Å². The predicted molar refractivity (Wildman–Crippen MR) is 60.6 cm³/mol. The number of nitro benzene ring substituents is 1. The van der Waals surface area contributed by atoms with Crippen LogP contribution in [0.5, 0.6) is 5.75 Å². The summed E-state index contributed by atoms with van der Waals surface area (Å²) in [5, 5.41) is 20.1. The molecular formula is C10H13NO3S. The van der Waals surface area contributed by atoms with Gasteiger partial charge in [0, 0.05) is 11.6 Å². The zero-order valence-electron chi connectivity index (χ0n) is 8.43. The van der Waals surface area contributed by atoms with Gasteiger partial charge in [-0.2, -0.15) is 0 Å². The van der Waals surface area contributed by atoms with E-state index in [2.05, 4.69) is 12.6 Å². The first kappa shape index (κ1) is 11.8. The van der Waals surface area contributed by atoms with E-state index in [0.717, 1.165) is 12.8 Å². The quantitative estimate of drug-likeness (QED) is 0.472. The number of phenolic OH excluding ortho intramolecular Hbond substituents is 1. The highest BCUT2D eigenvalue weighted by molar-refractivity contribution is 7.80. The minimum Gasteiger partial charge on any atom is -0.507 e. The van der Waals surface area contributed by atoms with Crippen LogP contribution in [0.3, 0.4) is 0 Å². The SMILES string of the molecule is CCCCc1c([N+](=O)[O-])ccc(O)c1S. The fourth-order valence-corrected chi connectivity index (χ4v) is 1.69. The van der Waals surface area contributed by atoms with Crippen molar-refractivity contribution >= 4 is 18.3 Å². The third-order valence-corrected chi connectivity index (χ3v) is 2.71. The third-order valence-electron chi connectivity index (χ3n) is 2.21. The Kier molecular flexibility index (Phi) is 3.96. The largest absolute Gasteiger partial charge is 0.507 e. The molecule has 0 fully saturated rings. The Bertz CT molecular complexity index is 379. The van der Waals surface area contributed by atoms with Crippen molar-refractivity contribution in [3.63, 3.8) is 0 Å². The van der Waals surface area contributed by atoms with Crippen molar-refractivity contribution in [1.82, 2.24) is 0 Å². The molecule has 0 atom stereocenters. The average Bonchev–Trinajstić information content (AvgIpc) is 2.19. The minimum atomic E-state index is -0.440. The van der Waals surface area contributed by atoms with Gasteiger partial charge >= 0.3 is 0 Å². The molecule has 0 saturated heterocycles. The van der Waals surface area contributed by atoms with Crippen LogP contribution in [0.2, 0.25) is 0 Å². The lowest BCUT2D eigenvalue weighted by Crippen LogP contribution is -1.97. The van der Waals surface area contributed by atoms with Crippen molar-refractivity contribution in [3.8, 4) is 5.75 Å². The molecule has 0 unspecified atom stereocenters. The number of aromatic hydroxyl groups is 1. The number of hydrogen-bond acceptors (Lipinski definition) is 4. The Labute approximate surface area is 93.5 Å². The summed E-state index contributed by atoms with van der Waals surface area (Å²) < 4.78 is 0. The highest BCUT2D eigenvalue weighted by Crippen LogP contribution is 2.33. The van der Waals surface area contributed by atoms with Crippen molar-refractivity contribution in [1.29, 1.82) is 0 Å². The molecule has 1 N–H and O–H groups in total. The van der Waals surface area contributed by atoms with E-state index < -0.39 is 4.92 Å². The monoisotopic (exact) mass is 227 g/mol. The number of nitro groups is 1. The van der Waals surface area contributed by atoms with Crippen LogP contribution in [0, 0.1) is 10.1 Å². The van der Waals surface area contributed by atoms with Gasteiger partial charge in [-0.3, -0.25) is 10.1 Å². The van der Waals surface area contributed by atoms with Crippen LogP contribution in [0.25, 0.3) is 0 Å². The first-order chi connectivity index (χ1) is 7.07. The molecule has 0 heterocycles. The van der Waals surface area contributed by atoms with Gasteiger partial charge in [0.15, 0.2) is 0 Å². The van der Waals surface area contributed by atoms with Gasteiger partial charge in [-0.15, -0.1) is 12.6 Å². The maximum absolute atomic E-state index is 10.7. The number of nitrogens with zero attached hydrogens (tertiary/aromatic N) is 1. The molecule has 0 spiro atoms. The molecule has 82 valence electrons. The zero-order chi connectivity index (χ0) is 11.4. The van der Waals surface area contributed by atoms with E-state index in [1.165, 1.54) is 12.1 Å². The lowest BCUT2D eigenvalue weighted by molar-refractivity contribution is -0.385. The topological polar surface area (TPSA) is 63.4 Å². The Balaban J connectivity index is 3.16. The van der Waals surface area contributed by atoms with Gasteiger partial charge in [0.05, 0.1) is 9.82 Å². The summed E-state index contributed by atoms with van der Waals surface area (Å²) in [6, 6.07) is 2.62. The fraction of sp³-hybridized carbons (Fsp3) is 0.400. The molecule has 5 heteroatoms. The van der Waals surface area contributed by atoms with Crippen LogP contribution in [0.1, 0.15) is 25.3 Å². The summed E-state index contributed by atoms with van der Waals surface area (Å²) in [7, 11) is 0. The number of rotatable bonds is 4. The Morgan fingerprint density at radius 1 is 1.53 bits per heavy atom. The molecule has 0 aliphatic carbocycles. The summed E-state index contributed by atoms with van der Waals surface area (Å²) in [6.07, 6.45) is 2.36. The van der Waals surface area contributed by atoms with Gasteiger partial charge in [0.1, 0.15) is 5.75 Å². The molecule has 4 nitrogen and oxygen atoms in total. The van der Waals surface area contributed by atoms with E-state index in [4.69, 9.17) is 0 Å². The second-order valence-corrected chi connectivity index (χ2v) is 3.74. The normalized spacial score (nSPS) is 10.3. The van der Waals surface area contributed by atoms with E-state index in [-0.39, 0.29) is 11.4 Å². The fourth-order valence-electron chi connectivity index (χ4n) is 1.38. The summed E-state index contributed by atoms with van der Waals surface area (Å²) in [5.41, 5.74) is 0.552. The summed E-state index contributed by atoms with van der Waals surface area (Å²) in [4.78, 5) is 10.6. The molecule has 0 radical (unpaired) electrons. The molecule has 0 aliphatic heterocycles. The van der Waals surface area contributed by atoms with Gasteiger partial charge in [-0.05, 0) is 18.9 Å². The molecule has 0 saturated carbocycles. The van der Waals surface area contributed by atoms with E-state index >= 15 is 0 Å². The predicted octanol–water partition coefficient (Wildman–Crippen LogP) is 2.93. The van der Waals surface area contributed by atoms with Crippen LogP contribution in [0.15, 0.2) is 17.0 Å². The zero-order valence-corrected chi connectivity index (χ0v) is 9.33. The van der Waals surface area contributed by atoms with Gasteiger partial charge in [-0.1, -0.05) is 13.3 Å². The molecule has 1 aromatic carbocycles. The third kappa shape index (κ3) is 2.62. The van der Waals surface area contributed by atoms with Crippen molar-refractivity contribution in [2.24, 2.45) is 0 Å². The molecule has 0 aromatic heterocycles. The van der Waals surface area contributed by atoms with E-state index in [1.54, 1.807) is 0 Å². The number of thiol groups is 1. The number of unbranched alkanes of at least 4 members (excludes halogenated alkanes) is 1. The van der Waals surface area contributed by atoms with Crippen molar-refractivity contribution in [2.75, 3.05) is 0 Å². The van der Waals surface area contributed by atoms with Gasteiger partial charge < -0.3 is 5.11 Å². The van der Waals surface area contributed by atoms with E-state index in [1.807, 2.05) is 6.92 Å². The average molecular weight is 227 g/mol. The second-order valence-electron chi connectivity index (χ2n) is 3.29. The minimum absolute atomic E-state index is 0.00460. The van der Waals surface area contributed by atoms with E-state index in [9.17, 15) is 15.2 Å². The first-order valence-electron chi connectivity index (χ1n) is 4.76. The summed E-state index contributed by atoms with van der Waals surface area (Å²) in [5.74, 6) is -0.00460. The van der Waals surface area contributed by atoms with Crippen LogP contribution >= 0.6 is 12.6 Å². The van der Waals surface area contributed by atoms with E-state index in [0.29, 0.717) is 16.9 Å². The van der Waals surface area contributed by atoms with Crippen molar-refractivity contribution in [2.45, 2.75) is 31.1 Å². The highest BCUT2D eigenvalue weighted by atomic mass is 32.1. The molecule has 15 heavy (non-hydrogen) atoms. The summed E-state index contributed by atoms with van der Waals surface area (Å²) in [6.45, 7) is 2.01. The first-order valence-corrected chi connectivity index (χ1v) is 5.20. The summed E-state index contributed by atoms with van der Waals surface area (Å²) >= 11 is 4.09. The smallest absolute Gasteiger partial charge is 0.273 e. The molecule has 1 rings (SSSR count). The molecule has 1 aromatic rings. The lowest BCUT2D eigenvalue weighted by Gasteiger charge is -2.06. The van der Waals surface area contributed by atoms with Crippen LogP contribution in [0.4, 0.5) is 5.69 Å². The van der Waals surface area contributed by atoms with Gasteiger partial charge in [0.2, 0.25) is 0 Å². The molecule has 0 bridgehead atoms. The van der Waals surface area contributed by atoms with Gasteiger partial charge in [0.25, 0.3) is 5.69 Å². The van der Waals surface area contributed by atoms with Crippen molar-refractivity contribution in [3.05, 3.63) is 27.8 Å². The Morgan fingerprint density at radius 2 is 2.20 bits per heavy atom. The molecule has 0 amide bonds. The standard InChI is InChI=1S/C10H13NO3S/c1-2-3-4-7-8(11(13)14)5-6-9(12)10(7)15/h5-6,12,15H,2-4H2,1H3. The van der Waals surface area contributed by atoms with Crippen LogP contribution < -0.4 is 0 Å².